The van der Waals surface area contributed by atoms with Crippen molar-refractivity contribution in [2.75, 3.05) is 12.3 Å². The smallest absolute Gasteiger partial charge is 0.390 e. The van der Waals surface area contributed by atoms with E-state index < -0.39 is 48.5 Å². The molecule has 7 N–H and O–H groups in total. The summed E-state index contributed by atoms with van der Waals surface area (Å²) in [5.74, 6) is 2.56. The Bertz CT molecular complexity index is 1200. The van der Waals surface area contributed by atoms with Crippen molar-refractivity contribution in [3.63, 3.8) is 0 Å². The van der Waals surface area contributed by atoms with Gasteiger partial charge in [0.1, 0.15) is 30.1 Å². The van der Waals surface area contributed by atoms with Gasteiger partial charge < -0.3 is 39.7 Å². The summed E-state index contributed by atoms with van der Waals surface area (Å²) >= 11 is 0. The number of fused-ring (bicyclic) bond motifs is 1. The van der Waals surface area contributed by atoms with E-state index in [2.05, 4.69) is 29.0 Å². The molecule has 2 aromatic rings. The Morgan fingerprint density at radius 3 is 2.53 bits per heavy atom. The van der Waals surface area contributed by atoms with Crippen molar-refractivity contribution in [2.24, 2.45) is 0 Å². The largest absolute Gasteiger partial charge is 0.490 e. The lowest BCUT2D eigenvalue weighted by Crippen LogP contribution is -2.26. The third-order valence-electron chi connectivity index (χ3n) is 4.13. The fraction of sp³-hybridized carbons (Fsp3) is 0.385. The number of ether oxygens (including phenoxy) is 1. The number of anilines is 1. The Kier molecular flexibility index (Phi) is 6.95. The van der Waals surface area contributed by atoms with Crippen LogP contribution in [0.5, 0.6) is 0 Å². The zero-order valence-corrected chi connectivity index (χ0v) is 18.4. The maximum atomic E-state index is 11.8. The van der Waals surface area contributed by atoms with Crippen LogP contribution in [0, 0.1) is 12.3 Å². The maximum Gasteiger partial charge on any atom is 0.490 e. The average Bonchev–Trinajstić information content (AvgIpc) is 3.18. The Hall–Kier alpha value is -1.69. The average molecular weight is 514 g/mol. The number of aliphatic hydroxyl groups excluding tert-OH is 1. The molecular weight excluding hydrogens is 497 g/mol. The van der Waals surface area contributed by atoms with Crippen LogP contribution in [0.2, 0.25) is 0 Å². The van der Waals surface area contributed by atoms with Gasteiger partial charge in [0, 0.05) is 12.6 Å². The molecule has 0 spiro atoms. The topological polar surface area (TPSA) is 246 Å². The highest BCUT2D eigenvalue weighted by Gasteiger charge is 2.43. The molecule has 3 rings (SSSR count). The fourth-order valence-electron chi connectivity index (χ4n) is 2.94. The van der Waals surface area contributed by atoms with Crippen LogP contribution in [0.15, 0.2) is 12.5 Å². The second-order valence-corrected chi connectivity index (χ2v) is 10.8. The zero-order valence-electron chi connectivity index (χ0n) is 15.7. The molecule has 3 heterocycles. The maximum absolute atomic E-state index is 11.8. The van der Waals surface area contributed by atoms with Crippen molar-refractivity contribution in [1.29, 1.82) is 0 Å². The summed E-state index contributed by atoms with van der Waals surface area (Å²) < 4.78 is 52.7. The van der Waals surface area contributed by atoms with Gasteiger partial charge in [-0.3, -0.25) is 4.52 Å². The number of rotatable bonds is 8. The van der Waals surface area contributed by atoms with Gasteiger partial charge in [-0.05, 0) is 0 Å². The zero-order chi connectivity index (χ0) is 23.9. The van der Waals surface area contributed by atoms with E-state index in [4.69, 9.17) is 31.6 Å². The third-order valence-corrected chi connectivity index (χ3v) is 7.93. The second kappa shape index (κ2) is 8.92. The molecule has 1 aliphatic heterocycles. The Morgan fingerprint density at radius 2 is 1.91 bits per heavy atom. The summed E-state index contributed by atoms with van der Waals surface area (Å²) in [4.78, 5) is 43.7. The number of hydrogen-bond acceptors (Lipinski definition) is 11. The van der Waals surface area contributed by atoms with Crippen molar-refractivity contribution >= 4 is 40.3 Å². The highest BCUT2D eigenvalue weighted by Crippen LogP contribution is 2.66. The molecule has 5 atom stereocenters. The molecular formula is C13H17N4O12P3. The molecule has 1 saturated heterocycles. The third kappa shape index (κ3) is 5.81. The molecule has 19 heteroatoms. The van der Waals surface area contributed by atoms with E-state index in [9.17, 15) is 23.7 Å². The molecule has 0 radical (unpaired) electrons. The van der Waals surface area contributed by atoms with Crippen molar-refractivity contribution in [3.05, 3.63) is 18.1 Å². The van der Waals surface area contributed by atoms with E-state index in [1.54, 1.807) is 0 Å². The molecule has 1 aliphatic rings. The molecule has 0 saturated carbocycles. The first kappa shape index (κ1) is 24.9. The molecule has 176 valence electrons. The number of phosphoric acid groups is 3. The fourth-order valence-corrected chi connectivity index (χ4v) is 5.97. The van der Waals surface area contributed by atoms with E-state index in [0.29, 0.717) is 16.6 Å². The van der Waals surface area contributed by atoms with Crippen LogP contribution in [0.4, 0.5) is 5.82 Å². The number of terminal acetylenes is 1. The van der Waals surface area contributed by atoms with Crippen molar-refractivity contribution in [3.8, 4) is 12.3 Å². The van der Waals surface area contributed by atoms with Crippen LogP contribution < -0.4 is 5.73 Å². The summed E-state index contributed by atoms with van der Waals surface area (Å²) in [6, 6.07) is 0. The Labute approximate surface area is 179 Å². The molecule has 0 bridgehead atoms. The van der Waals surface area contributed by atoms with Crippen LogP contribution in [0.25, 0.3) is 11.0 Å². The summed E-state index contributed by atoms with van der Waals surface area (Å²) in [5.41, 5.74) is 6.52. The van der Waals surface area contributed by atoms with E-state index in [-0.39, 0.29) is 12.2 Å². The summed E-state index contributed by atoms with van der Waals surface area (Å²) in [5, 5.41) is 10.6. The lowest BCUT2D eigenvalue weighted by molar-refractivity contribution is -0.0421. The first-order valence-corrected chi connectivity index (χ1v) is 12.9. The predicted molar refractivity (Wildman–Crippen MR) is 104 cm³/mol. The van der Waals surface area contributed by atoms with E-state index in [0.717, 1.165) is 0 Å². The van der Waals surface area contributed by atoms with Gasteiger partial charge in [0.05, 0.1) is 23.7 Å². The molecule has 1 fully saturated rings. The molecule has 0 amide bonds. The molecule has 16 nitrogen and oxygen atoms in total. The van der Waals surface area contributed by atoms with E-state index in [1.165, 1.54) is 17.1 Å². The van der Waals surface area contributed by atoms with Crippen LogP contribution in [0.1, 0.15) is 18.2 Å². The van der Waals surface area contributed by atoms with Gasteiger partial charge in [0.2, 0.25) is 0 Å². The normalized spacial score (nSPS) is 25.3. The van der Waals surface area contributed by atoms with Crippen LogP contribution in [-0.2, 0) is 31.6 Å². The standard InChI is InChI=1S/C13H17N4O12P3/c1-2-7-4-17(13-11(7)12(14)15-6-16-13)10-3-8(18)9(27-10)5-26-31(22,23)29-32(24,25)28-30(19,20)21/h1,4,6,8-10,18H,3,5H2,(H,22,23)(H,24,25)(H2,14,15,16)(H2,19,20,21)/t8-,9+,10+/m0/s1. The molecule has 32 heavy (non-hydrogen) atoms. The van der Waals surface area contributed by atoms with Crippen molar-refractivity contribution < 1.29 is 56.3 Å². The minimum Gasteiger partial charge on any atom is -0.390 e. The van der Waals surface area contributed by atoms with Gasteiger partial charge >= 0.3 is 23.5 Å². The van der Waals surface area contributed by atoms with Crippen LogP contribution >= 0.6 is 23.5 Å². The number of aliphatic hydroxyl groups is 1. The van der Waals surface area contributed by atoms with Crippen LogP contribution in [0.3, 0.4) is 0 Å². The van der Waals surface area contributed by atoms with Crippen molar-refractivity contribution in [1.82, 2.24) is 14.5 Å². The minimum absolute atomic E-state index is 0.0257. The van der Waals surface area contributed by atoms with E-state index in [1.807, 2.05) is 0 Å². The number of aromatic nitrogens is 3. The highest BCUT2D eigenvalue weighted by atomic mass is 31.3. The SMILES string of the molecule is C#Cc1cn([C@H]2C[C@H](O)[C@@H](COP(=O)(O)OP(=O)(O)OP(=O)(O)O)O2)c2ncnc(N)c12. The number of nitrogens with two attached hydrogens (primary N) is 1. The van der Waals surface area contributed by atoms with Gasteiger partial charge in [-0.15, -0.1) is 6.42 Å². The summed E-state index contributed by atoms with van der Waals surface area (Å²) in [7, 11) is -16.5. The van der Waals surface area contributed by atoms with Gasteiger partial charge in [-0.25, -0.2) is 23.7 Å². The lowest BCUT2D eigenvalue weighted by atomic mass is 10.2. The molecule has 0 aromatic carbocycles. The molecule has 2 aromatic heterocycles. The van der Waals surface area contributed by atoms with Gasteiger partial charge in [-0.2, -0.15) is 8.62 Å². The van der Waals surface area contributed by atoms with Gasteiger partial charge in [0.25, 0.3) is 0 Å². The Balaban J connectivity index is 1.70. The summed E-state index contributed by atoms with van der Waals surface area (Å²) in [6.45, 7) is -0.806. The summed E-state index contributed by atoms with van der Waals surface area (Å²) in [6.07, 6.45) is 4.86. The quantitative estimate of drug-likeness (QED) is 0.200. The van der Waals surface area contributed by atoms with Gasteiger partial charge in [0.15, 0.2) is 0 Å². The number of nitrogen functional groups attached to an aromatic ring is 1. The molecule has 0 aliphatic carbocycles. The lowest BCUT2D eigenvalue weighted by Gasteiger charge is -2.19. The minimum atomic E-state index is -5.66. The molecule has 2 unspecified atom stereocenters. The number of hydrogen-bond donors (Lipinski definition) is 6. The predicted octanol–water partition coefficient (Wildman–Crippen LogP) is -0.0135. The first-order valence-electron chi connectivity index (χ1n) is 8.41. The Morgan fingerprint density at radius 1 is 1.22 bits per heavy atom. The second-order valence-electron chi connectivity index (χ2n) is 6.37. The first-order chi connectivity index (χ1) is 14.7. The van der Waals surface area contributed by atoms with Gasteiger partial charge in [-0.1, -0.05) is 5.92 Å². The number of nitrogens with zero attached hydrogens (tertiary/aromatic N) is 3. The van der Waals surface area contributed by atoms with E-state index >= 15 is 0 Å². The van der Waals surface area contributed by atoms with Crippen molar-refractivity contribution in [2.45, 2.75) is 24.9 Å². The highest BCUT2D eigenvalue weighted by molar-refractivity contribution is 7.66. The van der Waals surface area contributed by atoms with Crippen LogP contribution in [-0.4, -0.2) is 58.0 Å². The monoisotopic (exact) mass is 514 g/mol. The number of phosphoric ester groups is 1.